The third-order valence-corrected chi connectivity index (χ3v) is 8.14. The Balaban J connectivity index is 1.28. The molecule has 0 bridgehead atoms. The number of fused-ring (bicyclic) bond motifs is 1. The average molecular weight is 532 g/mol. The van der Waals surface area contributed by atoms with Crippen LogP contribution in [0.15, 0.2) is 96.1 Å². The molecule has 1 aromatic heterocycles. The summed E-state index contributed by atoms with van der Waals surface area (Å²) in [5, 5.41) is 5.07. The first-order valence-electron chi connectivity index (χ1n) is 14.3. The van der Waals surface area contributed by atoms with E-state index in [1.54, 1.807) is 19.6 Å². The molecule has 1 atom stereocenters. The van der Waals surface area contributed by atoms with Crippen LogP contribution < -0.4 is 0 Å². The molecule has 2 aliphatic carbocycles. The molecule has 6 rings (SSSR count). The van der Waals surface area contributed by atoms with Crippen molar-refractivity contribution in [3.63, 3.8) is 0 Å². The summed E-state index contributed by atoms with van der Waals surface area (Å²) >= 11 is 0. The van der Waals surface area contributed by atoms with Gasteiger partial charge in [0, 0.05) is 25.0 Å². The smallest absolute Gasteiger partial charge is 0.126 e. The van der Waals surface area contributed by atoms with Gasteiger partial charge in [0.2, 0.25) is 0 Å². The molecule has 0 saturated heterocycles. The Kier molecular flexibility index (Phi) is 7.79. The van der Waals surface area contributed by atoms with Crippen molar-refractivity contribution in [2.75, 3.05) is 7.11 Å². The summed E-state index contributed by atoms with van der Waals surface area (Å²) in [6.45, 7) is 3.25. The first kappa shape index (κ1) is 26.5. The van der Waals surface area contributed by atoms with Gasteiger partial charge in [-0.2, -0.15) is 5.10 Å². The monoisotopic (exact) mass is 531 g/mol. The molecule has 0 saturated carbocycles. The number of halogens is 1. The van der Waals surface area contributed by atoms with Gasteiger partial charge in [0.1, 0.15) is 5.82 Å². The lowest BCUT2D eigenvalue weighted by Crippen LogP contribution is -2.12. The van der Waals surface area contributed by atoms with Crippen molar-refractivity contribution in [1.29, 1.82) is 0 Å². The fraction of sp³-hybridized carbons (Fsp3) is 0.278. The number of benzene rings is 3. The first-order chi connectivity index (χ1) is 19.6. The molecule has 4 heteroatoms. The van der Waals surface area contributed by atoms with Gasteiger partial charge in [-0.3, -0.25) is 4.68 Å². The second-order valence-corrected chi connectivity index (χ2v) is 11.1. The number of ether oxygens (including phenoxy) is 1. The van der Waals surface area contributed by atoms with E-state index < -0.39 is 0 Å². The minimum atomic E-state index is -0.188. The van der Waals surface area contributed by atoms with Crippen molar-refractivity contribution in [2.24, 2.45) is 5.92 Å². The lowest BCUT2D eigenvalue weighted by atomic mass is 9.88. The zero-order chi connectivity index (χ0) is 27.5. The summed E-state index contributed by atoms with van der Waals surface area (Å²) in [7, 11) is 1.76. The van der Waals surface area contributed by atoms with Crippen LogP contribution in [-0.2, 0) is 30.7 Å². The van der Waals surface area contributed by atoms with Crippen molar-refractivity contribution in [3.05, 3.63) is 131 Å². The summed E-state index contributed by atoms with van der Waals surface area (Å²) in [6, 6.07) is 24.7. The van der Waals surface area contributed by atoms with Crippen LogP contribution >= 0.6 is 0 Å². The van der Waals surface area contributed by atoms with E-state index in [1.165, 1.54) is 28.3 Å². The number of aryl methyl sites for hydroxylation is 3. The quantitative estimate of drug-likeness (QED) is 0.213. The molecule has 0 amide bonds. The third-order valence-electron chi connectivity index (χ3n) is 8.14. The van der Waals surface area contributed by atoms with Gasteiger partial charge in [-0.1, -0.05) is 71.8 Å². The third kappa shape index (κ3) is 6.03. The van der Waals surface area contributed by atoms with Crippen LogP contribution in [0.4, 0.5) is 4.39 Å². The number of allylic oxidation sites excluding steroid dienone is 4. The zero-order valence-corrected chi connectivity index (χ0v) is 23.4. The van der Waals surface area contributed by atoms with E-state index >= 15 is 0 Å². The van der Waals surface area contributed by atoms with Crippen LogP contribution in [-0.4, -0.2) is 16.9 Å². The second-order valence-electron chi connectivity index (χ2n) is 11.1. The molecule has 0 spiro atoms. The lowest BCUT2D eigenvalue weighted by Gasteiger charge is -2.20. The maximum Gasteiger partial charge on any atom is 0.126 e. The predicted octanol–water partition coefficient (Wildman–Crippen LogP) is 8.47. The summed E-state index contributed by atoms with van der Waals surface area (Å²) in [5.74, 6) is 0.0924. The van der Waals surface area contributed by atoms with Gasteiger partial charge in [0.15, 0.2) is 0 Å². The molecule has 1 unspecified atom stereocenters. The maximum absolute atomic E-state index is 14.0. The van der Waals surface area contributed by atoms with Crippen LogP contribution in [0, 0.1) is 25.1 Å². The second kappa shape index (κ2) is 11.8. The zero-order valence-electron chi connectivity index (χ0n) is 23.4. The molecular formula is C36H36FN2O. The number of hydrogen-bond acceptors (Lipinski definition) is 2. The Morgan fingerprint density at radius 2 is 1.77 bits per heavy atom. The fourth-order valence-corrected chi connectivity index (χ4v) is 5.87. The van der Waals surface area contributed by atoms with Crippen molar-refractivity contribution in [1.82, 2.24) is 9.78 Å². The van der Waals surface area contributed by atoms with Crippen molar-refractivity contribution >= 4 is 0 Å². The standard InChI is InChI=1S/C36H36FN2O/c1-25-19-32(17-18-34(25)37)35-22-36(30-8-4-3-5-9-30)39(38-35)23-33(29-15-16-29)20-26-7-6-10-31-21-27(24-40-2)12-14-28(31)13-11-26/h3-5,8-9,12,14-22,33H,6-7,10-11,13,23-24H2,1-2H3/b26-20-. The van der Waals surface area contributed by atoms with E-state index in [9.17, 15) is 4.39 Å². The van der Waals surface area contributed by atoms with Crippen LogP contribution in [0.3, 0.4) is 0 Å². The molecule has 40 heavy (non-hydrogen) atoms. The fourth-order valence-electron chi connectivity index (χ4n) is 5.87. The maximum atomic E-state index is 14.0. The summed E-state index contributed by atoms with van der Waals surface area (Å²) in [4.78, 5) is 0. The highest BCUT2D eigenvalue weighted by molar-refractivity contribution is 5.69. The Bertz CT molecular complexity index is 1560. The molecule has 0 aliphatic heterocycles. The normalized spacial score (nSPS) is 16.7. The van der Waals surface area contributed by atoms with Gasteiger partial charge in [-0.05, 0) is 91.1 Å². The summed E-state index contributed by atoms with van der Waals surface area (Å²) in [5.41, 5.74) is 11.8. The van der Waals surface area contributed by atoms with Gasteiger partial charge in [-0.15, -0.1) is 0 Å². The predicted molar refractivity (Wildman–Crippen MR) is 160 cm³/mol. The van der Waals surface area contributed by atoms with Crippen molar-refractivity contribution < 1.29 is 9.13 Å². The van der Waals surface area contributed by atoms with Crippen LogP contribution in [0.5, 0.6) is 0 Å². The van der Waals surface area contributed by atoms with E-state index in [0.29, 0.717) is 12.2 Å². The minimum Gasteiger partial charge on any atom is -0.380 e. The molecule has 2 aliphatic rings. The highest BCUT2D eigenvalue weighted by Crippen LogP contribution is 2.35. The van der Waals surface area contributed by atoms with Gasteiger partial charge in [0.25, 0.3) is 0 Å². The number of methoxy groups -OCH3 is 1. The van der Waals surface area contributed by atoms with Crippen molar-refractivity contribution in [2.45, 2.75) is 52.2 Å². The molecule has 4 aromatic rings. The van der Waals surface area contributed by atoms with Gasteiger partial charge < -0.3 is 4.74 Å². The van der Waals surface area contributed by atoms with E-state index in [2.05, 4.69) is 71.8 Å². The average Bonchev–Trinajstić information content (AvgIpc) is 3.72. The molecule has 203 valence electrons. The van der Waals surface area contributed by atoms with E-state index in [1.807, 2.05) is 18.2 Å². The Labute approximate surface area is 237 Å². The largest absolute Gasteiger partial charge is 0.380 e. The minimum absolute atomic E-state index is 0.188. The van der Waals surface area contributed by atoms with Crippen LogP contribution in [0.2, 0.25) is 0 Å². The Morgan fingerprint density at radius 1 is 0.925 bits per heavy atom. The van der Waals surface area contributed by atoms with Gasteiger partial charge >= 0.3 is 0 Å². The molecule has 0 fully saturated rings. The first-order valence-corrected chi connectivity index (χ1v) is 14.3. The van der Waals surface area contributed by atoms with E-state index in [4.69, 9.17) is 9.84 Å². The molecule has 1 heterocycles. The van der Waals surface area contributed by atoms with Gasteiger partial charge in [-0.25, -0.2) is 4.39 Å². The number of nitrogens with zero attached hydrogens (tertiary/aromatic N) is 2. The Hall–Kier alpha value is -3.76. The number of aromatic nitrogens is 2. The molecule has 3 aromatic carbocycles. The van der Waals surface area contributed by atoms with E-state index in [0.717, 1.165) is 61.2 Å². The highest BCUT2D eigenvalue weighted by Gasteiger charge is 2.23. The summed E-state index contributed by atoms with van der Waals surface area (Å²) < 4.78 is 21.5. The molecule has 1 radical (unpaired) electrons. The summed E-state index contributed by atoms with van der Waals surface area (Å²) in [6.07, 6.45) is 12.5. The van der Waals surface area contributed by atoms with Crippen molar-refractivity contribution in [3.8, 4) is 22.5 Å². The Morgan fingerprint density at radius 3 is 2.55 bits per heavy atom. The van der Waals surface area contributed by atoms with Gasteiger partial charge in [0.05, 0.1) is 24.5 Å². The topological polar surface area (TPSA) is 27.1 Å². The van der Waals surface area contributed by atoms with E-state index in [-0.39, 0.29) is 11.7 Å². The molecule has 3 nitrogen and oxygen atoms in total. The highest BCUT2D eigenvalue weighted by atomic mass is 19.1. The lowest BCUT2D eigenvalue weighted by molar-refractivity contribution is 0.185. The molecule has 0 N–H and O–H groups in total. The number of rotatable bonds is 8. The van der Waals surface area contributed by atoms with Crippen LogP contribution in [0.1, 0.15) is 41.5 Å². The van der Waals surface area contributed by atoms with Crippen LogP contribution in [0.25, 0.3) is 22.5 Å². The number of hydrogen-bond donors (Lipinski definition) is 0. The SMILES string of the molecule is COCc1ccc2c(c1)CCC/C(=C/C(Cn1nc(-c3ccc(F)c(C)c3)cc1-c1ccccc1)C1=C[CH]1)CC2. The molecular weight excluding hydrogens is 495 g/mol.